The van der Waals surface area contributed by atoms with Gasteiger partial charge in [0.05, 0.1) is 29.4 Å². The van der Waals surface area contributed by atoms with E-state index in [9.17, 15) is 22.8 Å². The van der Waals surface area contributed by atoms with Crippen LogP contribution in [-0.2, 0) is 11.3 Å². The standard InChI is InChI=1S/C24H19ClF3NO5/c1-3-32-21-15-6-4-5-7-16(15)22(33-12-24(26,27)28)20-17(21)11-29(23(20)31)19-9-8-14(10-18(19)25)34-13(2)30/h4-10H,3,11-12H2,1-2H3. The molecule has 3 aromatic carbocycles. The van der Waals surface area contributed by atoms with Crippen molar-refractivity contribution in [1.29, 1.82) is 0 Å². The maximum atomic E-state index is 13.5. The first-order valence-corrected chi connectivity index (χ1v) is 10.7. The van der Waals surface area contributed by atoms with Crippen molar-refractivity contribution < 1.29 is 37.0 Å². The van der Waals surface area contributed by atoms with Crippen LogP contribution in [0.3, 0.4) is 0 Å². The monoisotopic (exact) mass is 493 g/mol. The van der Waals surface area contributed by atoms with Crippen LogP contribution in [0.2, 0.25) is 5.02 Å². The molecule has 0 bridgehead atoms. The van der Waals surface area contributed by atoms with Crippen LogP contribution in [0, 0.1) is 0 Å². The van der Waals surface area contributed by atoms with E-state index in [2.05, 4.69) is 0 Å². The van der Waals surface area contributed by atoms with Crippen LogP contribution >= 0.6 is 11.6 Å². The Bertz CT molecular complexity index is 1290. The quantitative estimate of drug-likeness (QED) is 0.315. The Kier molecular flexibility index (Phi) is 6.31. The second-order valence-corrected chi connectivity index (χ2v) is 7.90. The Morgan fingerprint density at radius 2 is 1.76 bits per heavy atom. The van der Waals surface area contributed by atoms with Gasteiger partial charge in [0.15, 0.2) is 6.61 Å². The summed E-state index contributed by atoms with van der Waals surface area (Å²) in [6.07, 6.45) is -4.59. The number of nitrogens with zero attached hydrogens (tertiary/aromatic N) is 1. The van der Waals surface area contributed by atoms with Crippen LogP contribution in [0.4, 0.5) is 18.9 Å². The fourth-order valence-electron chi connectivity index (χ4n) is 3.91. The van der Waals surface area contributed by atoms with Crippen molar-refractivity contribution in [3.05, 3.63) is 58.6 Å². The van der Waals surface area contributed by atoms with Gasteiger partial charge in [0.25, 0.3) is 5.91 Å². The van der Waals surface area contributed by atoms with Crippen LogP contribution in [0.15, 0.2) is 42.5 Å². The van der Waals surface area contributed by atoms with Gasteiger partial charge in [0, 0.05) is 29.3 Å². The van der Waals surface area contributed by atoms with Gasteiger partial charge in [-0.2, -0.15) is 13.2 Å². The highest BCUT2D eigenvalue weighted by Gasteiger charge is 2.39. The number of halogens is 4. The van der Waals surface area contributed by atoms with Crippen molar-refractivity contribution in [2.75, 3.05) is 18.1 Å². The molecule has 6 nitrogen and oxygen atoms in total. The second kappa shape index (κ2) is 9.06. The first kappa shape index (κ1) is 23.7. The minimum atomic E-state index is -4.59. The Balaban J connectivity index is 1.86. The molecule has 0 fully saturated rings. The van der Waals surface area contributed by atoms with E-state index in [0.717, 1.165) is 0 Å². The zero-order valence-corrected chi connectivity index (χ0v) is 18.9. The molecule has 0 N–H and O–H groups in total. The summed E-state index contributed by atoms with van der Waals surface area (Å²) in [5, 5.41) is 0.992. The molecular weight excluding hydrogens is 475 g/mol. The number of esters is 1. The number of carbonyl (C=O) groups is 2. The number of hydrogen-bond acceptors (Lipinski definition) is 5. The molecule has 1 aliphatic rings. The molecule has 0 saturated heterocycles. The van der Waals surface area contributed by atoms with Gasteiger partial charge in [-0.1, -0.05) is 35.9 Å². The van der Waals surface area contributed by atoms with Gasteiger partial charge in [-0.25, -0.2) is 0 Å². The first-order chi connectivity index (χ1) is 16.1. The molecule has 10 heteroatoms. The summed E-state index contributed by atoms with van der Waals surface area (Å²) in [5.41, 5.74) is 0.696. The van der Waals surface area contributed by atoms with E-state index in [-0.39, 0.29) is 35.2 Å². The second-order valence-electron chi connectivity index (χ2n) is 7.49. The molecule has 34 heavy (non-hydrogen) atoms. The lowest BCUT2D eigenvalue weighted by Gasteiger charge is -2.18. The van der Waals surface area contributed by atoms with Crippen molar-refractivity contribution in [2.45, 2.75) is 26.6 Å². The molecule has 0 aliphatic carbocycles. The number of carbonyl (C=O) groups excluding carboxylic acids is 2. The van der Waals surface area contributed by atoms with Crippen LogP contribution in [0.1, 0.15) is 29.8 Å². The van der Waals surface area contributed by atoms with E-state index in [1.165, 1.54) is 30.0 Å². The molecule has 178 valence electrons. The third-order valence-corrected chi connectivity index (χ3v) is 5.44. The van der Waals surface area contributed by atoms with Crippen molar-refractivity contribution in [1.82, 2.24) is 0 Å². The summed E-state index contributed by atoms with van der Waals surface area (Å²) in [4.78, 5) is 26.1. The summed E-state index contributed by atoms with van der Waals surface area (Å²) >= 11 is 6.37. The topological polar surface area (TPSA) is 65.1 Å². The number of fused-ring (bicyclic) bond motifs is 2. The number of alkyl halides is 3. The predicted molar refractivity (Wildman–Crippen MR) is 120 cm³/mol. The molecule has 1 heterocycles. The zero-order chi connectivity index (χ0) is 24.6. The molecule has 1 amide bonds. The van der Waals surface area contributed by atoms with Crippen molar-refractivity contribution in [2.24, 2.45) is 0 Å². The normalized spacial score (nSPS) is 13.2. The Labute approximate surface area is 197 Å². The SMILES string of the molecule is CCOc1c2c(c(OCC(F)(F)F)c3ccccc13)C(=O)N(c1ccc(OC(C)=O)cc1Cl)C2. The van der Waals surface area contributed by atoms with Gasteiger partial charge in [-0.15, -0.1) is 0 Å². The predicted octanol–water partition coefficient (Wildman–Crippen LogP) is 5.92. The maximum Gasteiger partial charge on any atom is 0.422 e. The third-order valence-electron chi connectivity index (χ3n) is 5.13. The minimum Gasteiger partial charge on any atom is -0.493 e. The van der Waals surface area contributed by atoms with E-state index < -0.39 is 24.7 Å². The van der Waals surface area contributed by atoms with E-state index in [4.69, 9.17) is 25.8 Å². The third kappa shape index (κ3) is 4.48. The highest BCUT2D eigenvalue weighted by atomic mass is 35.5. The van der Waals surface area contributed by atoms with Gasteiger partial charge >= 0.3 is 12.1 Å². The number of anilines is 1. The van der Waals surface area contributed by atoms with Gasteiger partial charge in [-0.3, -0.25) is 9.59 Å². The zero-order valence-electron chi connectivity index (χ0n) is 18.2. The number of rotatable bonds is 6. The Morgan fingerprint density at radius 3 is 2.35 bits per heavy atom. The molecule has 0 saturated carbocycles. The van der Waals surface area contributed by atoms with E-state index in [1.807, 2.05) is 0 Å². The molecule has 0 atom stereocenters. The molecule has 4 rings (SSSR count). The van der Waals surface area contributed by atoms with Gasteiger partial charge in [0.2, 0.25) is 0 Å². The highest BCUT2D eigenvalue weighted by Crippen LogP contribution is 2.47. The molecule has 0 spiro atoms. The average Bonchev–Trinajstić information content (AvgIpc) is 3.09. The number of benzene rings is 3. The Hall–Kier alpha value is -3.46. The van der Waals surface area contributed by atoms with Crippen LogP contribution in [0.25, 0.3) is 10.8 Å². The first-order valence-electron chi connectivity index (χ1n) is 10.3. The number of ether oxygens (including phenoxy) is 3. The summed E-state index contributed by atoms with van der Waals surface area (Å²) < 4.78 is 55.1. The minimum absolute atomic E-state index is 0.00332. The summed E-state index contributed by atoms with van der Waals surface area (Å²) in [7, 11) is 0. The van der Waals surface area contributed by atoms with E-state index >= 15 is 0 Å². The van der Waals surface area contributed by atoms with Crippen LogP contribution in [0.5, 0.6) is 17.2 Å². The lowest BCUT2D eigenvalue weighted by Crippen LogP contribution is -2.24. The number of amides is 1. The lowest BCUT2D eigenvalue weighted by atomic mass is 9.99. The lowest BCUT2D eigenvalue weighted by molar-refractivity contribution is -0.153. The molecule has 3 aromatic rings. The highest BCUT2D eigenvalue weighted by molar-refractivity contribution is 6.34. The van der Waals surface area contributed by atoms with Gasteiger partial charge in [-0.05, 0) is 19.1 Å². The summed E-state index contributed by atoms with van der Waals surface area (Å²) in [5.74, 6) is -0.683. The fraction of sp³-hybridized carbons (Fsp3) is 0.250. The van der Waals surface area contributed by atoms with E-state index in [1.54, 1.807) is 31.2 Å². The van der Waals surface area contributed by atoms with E-state index in [0.29, 0.717) is 27.8 Å². The molecule has 1 aliphatic heterocycles. The average molecular weight is 494 g/mol. The van der Waals surface area contributed by atoms with Crippen LogP contribution < -0.4 is 19.1 Å². The molecule has 0 unspecified atom stereocenters. The molecular formula is C24H19ClF3NO5. The van der Waals surface area contributed by atoms with Gasteiger partial charge < -0.3 is 19.1 Å². The number of hydrogen-bond donors (Lipinski definition) is 0. The molecule has 0 aromatic heterocycles. The summed E-state index contributed by atoms with van der Waals surface area (Å²) in [6.45, 7) is 1.75. The van der Waals surface area contributed by atoms with Gasteiger partial charge in [0.1, 0.15) is 17.2 Å². The summed E-state index contributed by atoms with van der Waals surface area (Å²) in [6, 6.07) is 11.0. The largest absolute Gasteiger partial charge is 0.493 e. The van der Waals surface area contributed by atoms with Crippen LogP contribution in [-0.4, -0.2) is 31.3 Å². The Morgan fingerprint density at radius 1 is 1.09 bits per heavy atom. The smallest absolute Gasteiger partial charge is 0.422 e. The van der Waals surface area contributed by atoms with Crippen molar-refractivity contribution in [3.63, 3.8) is 0 Å². The molecule has 0 radical (unpaired) electrons. The van der Waals surface area contributed by atoms with Crippen molar-refractivity contribution in [3.8, 4) is 17.2 Å². The fourth-order valence-corrected chi connectivity index (χ4v) is 4.19. The van der Waals surface area contributed by atoms with Crippen molar-refractivity contribution >= 4 is 39.9 Å². The maximum absolute atomic E-state index is 13.5.